The summed E-state index contributed by atoms with van der Waals surface area (Å²) < 4.78 is 87.4. The quantitative estimate of drug-likeness (QED) is 0.712. The fourth-order valence-corrected chi connectivity index (χ4v) is 2.85. The van der Waals surface area contributed by atoms with Crippen molar-refractivity contribution in [1.29, 1.82) is 0 Å². The first-order valence-corrected chi connectivity index (χ1v) is 9.05. The maximum atomic E-state index is 11.1. The van der Waals surface area contributed by atoms with E-state index in [1.807, 2.05) is 0 Å². The summed E-state index contributed by atoms with van der Waals surface area (Å²) in [5.41, 5.74) is 0. The lowest BCUT2D eigenvalue weighted by Gasteiger charge is -2.05. The minimum Gasteiger partial charge on any atom is -0.282 e. The van der Waals surface area contributed by atoms with Gasteiger partial charge in [-0.2, -0.15) is 16.8 Å². The van der Waals surface area contributed by atoms with Crippen molar-refractivity contribution in [2.24, 2.45) is 0 Å². The average Bonchev–Trinajstić information content (AvgIpc) is 2.34. The van der Waals surface area contributed by atoms with Gasteiger partial charge in [-0.15, -0.1) is 12.6 Å². The van der Waals surface area contributed by atoms with Crippen LogP contribution in [0.5, 0.6) is 0 Å². The number of fused-ring (bicyclic) bond motifs is 1. The van der Waals surface area contributed by atoms with Crippen LogP contribution in [-0.2, 0) is 30.8 Å². The van der Waals surface area contributed by atoms with E-state index in [1.165, 1.54) is 24.3 Å². The summed E-state index contributed by atoms with van der Waals surface area (Å²) in [4.78, 5) is -0.663. The first kappa shape index (κ1) is 18.2. The van der Waals surface area contributed by atoms with Gasteiger partial charge >= 0.3 is 10.6 Å². The molecule has 0 unspecified atom stereocenters. The Morgan fingerprint density at radius 3 is 1.82 bits per heavy atom. The van der Waals surface area contributed by atoms with E-state index in [1.54, 1.807) is 0 Å². The predicted octanol–water partition coefficient (Wildman–Crippen LogP) is 0.329. The molecule has 0 fully saturated rings. The Morgan fingerprint density at radius 2 is 1.36 bits per heavy atom. The smallest absolute Gasteiger partial charge is 0.282 e. The molecule has 0 aliphatic carbocycles. The van der Waals surface area contributed by atoms with Gasteiger partial charge in [0.05, 0.1) is 4.90 Å². The molecule has 22 heavy (non-hydrogen) atoms. The fourth-order valence-electron chi connectivity index (χ4n) is 1.62. The second-order valence-electron chi connectivity index (χ2n) is 3.79. The summed E-state index contributed by atoms with van der Waals surface area (Å²) in [6.45, 7) is 0. The van der Waals surface area contributed by atoms with E-state index >= 15 is 0 Å². The third kappa shape index (κ3) is 4.85. The van der Waals surface area contributed by atoms with E-state index in [4.69, 9.17) is 21.7 Å². The van der Waals surface area contributed by atoms with Gasteiger partial charge in [0.15, 0.2) is 0 Å². The second-order valence-corrected chi connectivity index (χ2v) is 7.01. The van der Waals surface area contributed by atoms with Gasteiger partial charge in [-0.25, -0.2) is 0 Å². The minimum absolute atomic E-state index is 0.174. The highest BCUT2D eigenvalue weighted by Crippen LogP contribution is 2.25. The highest BCUT2D eigenvalue weighted by atomic mass is 32.2. The summed E-state index contributed by atoms with van der Waals surface area (Å²) in [7, 11) is -11.9. The molecule has 0 aliphatic rings. The lowest BCUT2D eigenvalue weighted by molar-refractivity contribution is 0.482. The topological polar surface area (TPSA) is 160 Å². The lowest BCUT2D eigenvalue weighted by atomic mass is 10.1. The third-order valence-corrected chi connectivity index (χ3v) is 4.15. The van der Waals surface area contributed by atoms with Gasteiger partial charge in [-0.05, 0) is 23.6 Å². The molecule has 0 aliphatic heterocycles. The summed E-state index contributed by atoms with van der Waals surface area (Å²) in [6, 6.07) is 7.43. The molecule has 0 saturated carbocycles. The summed E-state index contributed by atoms with van der Waals surface area (Å²) in [5, 5.41) is 0.452. The highest BCUT2D eigenvalue weighted by molar-refractivity contribution is 7.86. The van der Waals surface area contributed by atoms with Gasteiger partial charge in [0.25, 0.3) is 20.2 Å². The Hall–Kier alpha value is -1.86. The molecule has 0 saturated heterocycles. The fraction of sp³-hybridized carbons (Fsp3) is 0. The Bertz CT molecular complexity index is 1010. The minimum atomic E-state index is -4.39. The van der Waals surface area contributed by atoms with Crippen LogP contribution in [-0.4, -0.2) is 38.6 Å². The molecule has 0 radical (unpaired) electrons. The molecule has 9 nitrogen and oxygen atoms in total. The van der Waals surface area contributed by atoms with Gasteiger partial charge < -0.3 is 0 Å². The Balaban J connectivity index is 0.000000541. The van der Waals surface area contributed by atoms with Crippen molar-refractivity contribution in [3.8, 4) is 0 Å². The second kappa shape index (κ2) is 6.50. The van der Waals surface area contributed by atoms with E-state index < -0.39 is 30.8 Å². The molecule has 0 atom stereocenters. The van der Waals surface area contributed by atoms with Crippen LogP contribution in [0.4, 0.5) is 0 Å². The highest BCUT2D eigenvalue weighted by Gasteiger charge is 2.16. The molecule has 0 amide bonds. The Morgan fingerprint density at radius 1 is 0.818 bits per heavy atom. The molecular formula is C10H8O9S3. The Kier molecular flexibility index (Phi) is 5.37. The zero-order valence-corrected chi connectivity index (χ0v) is 12.9. The van der Waals surface area contributed by atoms with Crippen LogP contribution < -0.4 is 0 Å². The van der Waals surface area contributed by atoms with Crippen molar-refractivity contribution in [2.75, 3.05) is 0 Å². The van der Waals surface area contributed by atoms with Crippen LogP contribution in [0.25, 0.3) is 10.8 Å². The molecule has 0 heterocycles. The van der Waals surface area contributed by atoms with Gasteiger partial charge in [-0.3, -0.25) is 9.11 Å². The average molecular weight is 368 g/mol. The van der Waals surface area contributed by atoms with Crippen LogP contribution >= 0.6 is 0 Å². The number of rotatable bonds is 2. The van der Waals surface area contributed by atoms with Crippen molar-refractivity contribution in [1.82, 2.24) is 0 Å². The number of hydrogen-bond donors (Lipinski definition) is 2. The zero-order valence-electron chi connectivity index (χ0n) is 10.4. The normalized spacial score (nSPS) is 11.5. The maximum absolute atomic E-state index is 11.1. The van der Waals surface area contributed by atoms with Crippen molar-refractivity contribution in [2.45, 2.75) is 9.79 Å². The summed E-state index contributed by atoms with van der Waals surface area (Å²) in [6.07, 6.45) is 0. The van der Waals surface area contributed by atoms with Crippen molar-refractivity contribution in [3.63, 3.8) is 0 Å². The SMILES string of the molecule is O=S(=O)(O)c1ccc2c(S(=O)(=O)O)cccc2c1.O=S(=O)=O. The molecule has 2 aromatic carbocycles. The van der Waals surface area contributed by atoms with Crippen LogP contribution in [0.15, 0.2) is 46.2 Å². The maximum Gasteiger partial charge on any atom is 0.425 e. The Labute approximate surface area is 126 Å². The zero-order chi connectivity index (χ0) is 17.1. The molecule has 2 aromatic rings. The predicted molar refractivity (Wildman–Crippen MR) is 73.3 cm³/mol. The first-order valence-electron chi connectivity index (χ1n) is 5.17. The third-order valence-electron chi connectivity index (χ3n) is 2.39. The largest absolute Gasteiger partial charge is 0.425 e. The van der Waals surface area contributed by atoms with E-state index in [2.05, 4.69) is 0 Å². The van der Waals surface area contributed by atoms with Gasteiger partial charge in [0, 0.05) is 5.39 Å². The van der Waals surface area contributed by atoms with Gasteiger partial charge in [0.1, 0.15) is 4.90 Å². The van der Waals surface area contributed by atoms with E-state index in [0.717, 1.165) is 12.1 Å². The summed E-state index contributed by atoms with van der Waals surface area (Å²) in [5.74, 6) is 0. The van der Waals surface area contributed by atoms with Crippen molar-refractivity contribution < 1.29 is 38.6 Å². The van der Waals surface area contributed by atoms with E-state index in [-0.39, 0.29) is 20.6 Å². The van der Waals surface area contributed by atoms with Crippen molar-refractivity contribution in [3.05, 3.63) is 36.4 Å². The number of benzene rings is 2. The standard InChI is InChI=1S/C10H8O6S2.O3S/c11-17(12,13)8-4-5-9-7(6-8)2-1-3-10(9)18(14,15)16;1-4(2)3/h1-6H,(H,11,12,13)(H,14,15,16);. The van der Waals surface area contributed by atoms with Gasteiger partial charge in [-0.1, -0.05) is 18.2 Å². The van der Waals surface area contributed by atoms with E-state index in [9.17, 15) is 16.8 Å². The molecule has 2 N–H and O–H groups in total. The molecule has 0 spiro atoms. The first-order chi connectivity index (χ1) is 9.93. The monoisotopic (exact) mass is 368 g/mol. The van der Waals surface area contributed by atoms with E-state index in [0.29, 0.717) is 0 Å². The van der Waals surface area contributed by atoms with Crippen LogP contribution in [0.2, 0.25) is 0 Å². The van der Waals surface area contributed by atoms with Crippen LogP contribution in [0, 0.1) is 0 Å². The number of hydrogen-bond acceptors (Lipinski definition) is 7. The molecule has 0 aromatic heterocycles. The molecule has 12 heteroatoms. The van der Waals surface area contributed by atoms with Gasteiger partial charge in [0.2, 0.25) is 0 Å². The van der Waals surface area contributed by atoms with Crippen molar-refractivity contribution >= 4 is 41.6 Å². The molecular weight excluding hydrogens is 360 g/mol. The molecule has 120 valence electrons. The van der Waals surface area contributed by atoms with Crippen LogP contribution in [0.1, 0.15) is 0 Å². The molecule has 0 bridgehead atoms. The summed E-state index contributed by atoms with van der Waals surface area (Å²) >= 11 is 0. The molecule has 2 rings (SSSR count). The lowest BCUT2D eigenvalue weighted by Crippen LogP contribution is -2.01. The van der Waals surface area contributed by atoms with Crippen LogP contribution in [0.3, 0.4) is 0 Å².